The summed E-state index contributed by atoms with van der Waals surface area (Å²) in [4.78, 5) is 11.3. The molecule has 0 heterocycles. The number of hydrogen-bond acceptors (Lipinski definition) is 3. The average Bonchev–Trinajstić information content (AvgIpc) is 3.27. The first kappa shape index (κ1) is 29.5. The Hall–Kier alpha value is -3.48. The van der Waals surface area contributed by atoms with E-state index < -0.39 is 29.3 Å². The molecule has 214 valence electrons. The van der Waals surface area contributed by atoms with Gasteiger partial charge in [-0.2, -0.15) is 0 Å². The minimum Gasteiger partial charge on any atom is -0.497 e. The first-order valence-corrected chi connectivity index (χ1v) is 13.8. The Morgan fingerprint density at radius 1 is 1.07 bits per heavy atom. The van der Waals surface area contributed by atoms with Crippen molar-refractivity contribution in [3.05, 3.63) is 82.7 Å². The Balaban J connectivity index is 1.72. The standard InChI is InChI=1S/C33H37F3O4/c1-5-8-20(16-31(37)38)23-9-6-11-30(32(23)36)40-19-21-15-25(27-10-7-14-33(27,2)3)24(18-29(21)35)26-17-22(39-4)12-13-28(26)34/h6,9,11-13,15,17-18,20,27H,5,7-8,10,14,16,19H2,1-4H3,(H,37,38)/t20-,27+/m0/s1. The minimum absolute atomic E-state index is 0.0611. The SMILES string of the molecule is CCC[C@@H](CC(=O)O)c1cccc(OCc2cc([C@H]3CCCC3(C)C)c(-c3cc(OC)ccc3F)cc2F)c1F. The van der Waals surface area contributed by atoms with Crippen LogP contribution in [0, 0.1) is 22.9 Å². The largest absolute Gasteiger partial charge is 0.497 e. The van der Waals surface area contributed by atoms with E-state index in [4.69, 9.17) is 9.47 Å². The molecule has 4 nitrogen and oxygen atoms in total. The van der Waals surface area contributed by atoms with Gasteiger partial charge in [-0.05, 0) is 89.6 Å². The Kier molecular flexibility index (Phi) is 9.12. The predicted molar refractivity (Wildman–Crippen MR) is 149 cm³/mol. The first-order valence-electron chi connectivity index (χ1n) is 13.8. The number of benzene rings is 3. The van der Waals surface area contributed by atoms with Gasteiger partial charge in [-0.1, -0.05) is 45.7 Å². The molecule has 1 saturated carbocycles. The second kappa shape index (κ2) is 12.4. The number of halogens is 3. The fraction of sp³-hybridized carbons (Fsp3) is 0.424. The van der Waals surface area contributed by atoms with Gasteiger partial charge in [-0.3, -0.25) is 4.79 Å². The zero-order chi connectivity index (χ0) is 29.0. The van der Waals surface area contributed by atoms with Crippen LogP contribution in [-0.4, -0.2) is 18.2 Å². The Bertz CT molecular complexity index is 1370. The molecular formula is C33H37F3O4. The van der Waals surface area contributed by atoms with E-state index >= 15 is 13.2 Å². The smallest absolute Gasteiger partial charge is 0.303 e. The number of rotatable bonds is 11. The van der Waals surface area contributed by atoms with Gasteiger partial charge in [0.25, 0.3) is 0 Å². The van der Waals surface area contributed by atoms with Gasteiger partial charge in [-0.25, -0.2) is 13.2 Å². The molecule has 2 atom stereocenters. The van der Waals surface area contributed by atoms with Crippen LogP contribution in [-0.2, 0) is 11.4 Å². The molecule has 3 aromatic rings. The summed E-state index contributed by atoms with van der Waals surface area (Å²) in [6.45, 7) is 6.02. The fourth-order valence-corrected chi connectivity index (χ4v) is 6.05. The van der Waals surface area contributed by atoms with Crippen molar-refractivity contribution >= 4 is 5.97 Å². The molecule has 1 fully saturated rings. The van der Waals surface area contributed by atoms with Gasteiger partial charge in [0, 0.05) is 11.1 Å². The van der Waals surface area contributed by atoms with E-state index in [-0.39, 0.29) is 46.8 Å². The van der Waals surface area contributed by atoms with Gasteiger partial charge in [0.1, 0.15) is 24.0 Å². The van der Waals surface area contributed by atoms with Crippen molar-refractivity contribution in [2.45, 2.75) is 77.7 Å². The number of hydrogen-bond donors (Lipinski definition) is 1. The highest BCUT2D eigenvalue weighted by Gasteiger charge is 2.37. The predicted octanol–water partition coefficient (Wildman–Crippen LogP) is 9.01. The Labute approximate surface area is 234 Å². The normalized spacial score (nSPS) is 17.0. The van der Waals surface area contributed by atoms with Crippen molar-refractivity contribution in [2.24, 2.45) is 5.41 Å². The summed E-state index contributed by atoms with van der Waals surface area (Å²) < 4.78 is 57.2. The van der Waals surface area contributed by atoms with Crippen molar-refractivity contribution in [3.63, 3.8) is 0 Å². The second-order valence-electron chi connectivity index (χ2n) is 11.3. The van der Waals surface area contributed by atoms with Crippen molar-refractivity contribution in [1.82, 2.24) is 0 Å². The van der Waals surface area contributed by atoms with Crippen LogP contribution in [0.25, 0.3) is 11.1 Å². The van der Waals surface area contributed by atoms with Crippen LogP contribution < -0.4 is 9.47 Å². The molecule has 0 spiro atoms. The quantitative estimate of drug-likeness (QED) is 0.257. The Morgan fingerprint density at radius 3 is 2.50 bits per heavy atom. The molecule has 1 aliphatic carbocycles. The van der Waals surface area contributed by atoms with E-state index in [2.05, 4.69) is 13.8 Å². The number of ether oxygens (including phenoxy) is 2. The van der Waals surface area contributed by atoms with Gasteiger partial charge in [0.05, 0.1) is 13.5 Å². The topological polar surface area (TPSA) is 55.8 Å². The van der Waals surface area contributed by atoms with Crippen molar-refractivity contribution in [1.29, 1.82) is 0 Å². The second-order valence-corrected chi connectivity index (χ2v) is 11.3. The van der Waals surface area contributed by atoms with Crippen LogP contribution >= 0.6 is 0 Å². The van der Waals surface area contributed by atoms with Crippen molar-refractivity contribution in [3.8, 4) is 22.6 Å². The molecule has 7 heteroatoms. The highest BCUT2D eigenvalue weighted by atomic mass is 19.1. The van der Waals surface area contributed by atoms with E-state index in [1.54, 1.807) is 24.3 Å². The zero-order valence-corrected chi connectivity index (χ0v) is 23.5. The van der Waals surface area contributed by atoms with Gasteiger partial charge in [0.15, 0.2) is 11.6 Å². The lowest BCUT2D eigenvalue weighted by molar-refractivity contribution is -0.137. The molecule has 4 rings (SSSR count). The minimum atomic E-state index is -0.999. The first-order chi connectivity index (χ1) is 19.1. The maximum atomic E-state index is 15.6. The molecule has 0 bridgehead atoms. The third-order valence-corrected chi connectivity index (χ3v) is 8.19. The maximum Gasteiger partial charge on any atom is 0.303 e. The molecule has 0 saturated heterocycles. The van der Waals surface area contributed by atoms with Gasteiger partial charge >= 0.3 is 5.97 Å². The van der Waals surface area contributed by atoms with Crippen LogP contribution in [0.3, 0.4) is 0 Å². The van der Waals surface area contributed by atoms with Crippen LogP contribution in [0.2, 0.25) is 0 Å². The van der Waals surface area contributed by atoms with Gasteiger partial charge < -0.3 is 14.6 Å². The lowest BCUT2D eigenvalue weighted by Crippen LogP contribution is -2.17. The van der Waals surface area contributed by atoms with E-state index in [1.165, 1.54) is 31.4 Å². The lowest BCUT2D eigenvalue weighted by Gasteiger charge is -2.30. The summed E-state index contributed by atoms with van der Waals surface area (Å²) in [5.41, 5.74) is 2.02. The summed E-state index contributed by atoms with van der Waals surface area (Å²) in [6.07, 6.45) is 3.92. The average molecular weight is 555 g/mol. The van der Waals surface area contributed by atoms with E-state index in [9.17, 15) is 9.90 Å². The van der Waals surface area contributed by atoms with Gasteiger partial charge in [0.2, 0.25) is 0 Å². The lowest BCUT2D eigenvalue weighted by atomic mass is 9.75. The molecule has 1 aliphatic rings. The molecule has 0 aromatic heterocycles. The fourth-order valence-electron chi connectivity index (χ4n) is 6.05. The molecule has 1 N–H and O–H groups in total. The van der Waals surface area contributed by atoms with E-state index in [1.807, 2.05) is 6.92 Å². The molecule has 0 radical (unpaired) electrons. The Morgan fingerprint density at radius 2 is 1.85 bits per heavy atom. The summed E-state index contributed by atoms with van der Waals surface area (Å²) in [7, 11) is 1.50. The summed E-state index contributed by atoms with van der Waals surface area (Å²) >= 11 is 0. The summed E-state index contributed by atoms with van der Waals surface area (Å²) in [6, 6.07) is 12.2. The monoisotopic (exact) mass is 554 g/mol. The number of methoxy groups -OCH3 is 1. The maximum absolute atomic E-state index is 15.6. The third-order valence-electron chi connectivity index (χ3n) is 8.19. The number of carboxylic acids is 1. The molecule has 3 aromatic carbocycles. The highest BCUT2D eigenvalue weighted by Crippen LogP contribution is 2.51. The van der Waals surface area contributed by atoms with Crippen LogP contribution in [0.5, 0.6) is 11.5 Å². The van der Waals surface area contributed by atoms with Crippen molar-refractivity contribution in [2.75, 3.05) is 7.11 Å². The van der Waals surface area contributed by atoms with Crippen LogP contribution in [0.4, 0.5) is 13.2 Å². The van der Waals surface area contributed by atoms with E-state index in [0.29, 0.717) is 24.2 Å². The summed E-state index contributed by atoms with van der Waals surface area (Å²) in [5, 5.41) is 9.29. The van der Waals surface area contributed by atoms with E-state index in [0.717, 1.165) is 24.8 Å². The molecular weight excluding hydrogens is 517 g/mol. The molecule has 40 heavy (non-hydrogen) atoms. The molecule has 0 amide bonds. The number of carboxylic acid groups (broad SMARTS) is 1. The van der Waals surface area contributed by atoms with Crippen molar-refractivity contribution < 1.29 is 32.5 Å². The summed E-state index contributed by atoms with van der Waals surface area (Å²) in [5.74, 6) is -2.69. The van der Waals surface area contributed by atoms with Crippen LogP contribution in [0.1, 0.15) is 87.8 Å². The highest BCUT2D eigenvalue weighted by molar-refractivity contribution is 5.71. The number of aliphatic carboxylic acids is 1. The molecule has 0 unspecified atom stereocenters. The third kappa shape index (κ3) is 6.29. The van der Waals surface area contributed by atoms with Gasteiger partial charge in [-0.15, -0.1) is 0 Å². The molecule has 0 aliphatic heterocycles. The van der Waals surface area contributed by atoms with Crippen LogP contribution in [0.15, 0.2) is 48.5 Å². The zero-order valence-electron chi connectivity index (χ0n) is 23.5. The number of carbonyl (C=O) groups is 1.